The molecule has 28 heavy (non-hydrogen) atoms. The molecule has 1 aliphatic heterocycles. The zero-order valence-electron chi connectivity index (χ0n) is 15.9. The summed E-state index contributed by atoms with van der Waals surface area (Å²) in [5, 5.41) is 7.96. The number of hydrogen-bond acceptors (Lipinski definition) is 7. The minimum atomic E-state index is -3.65. The van der Waals surface area contributed by atoms with Gasteiger partial charge >= 0.3 is 0 Å². The smallest absolute Gasteiger partial charge is 0.283 e. The second kappa shape index (κ2) is 7.27. The molecule has 2 saturated carbocycles. The third kappa shape index (κ3) is 3.51. The summed E-state index contributed by atoms with van der Waals surface area (Å²) < 4.78 is 38.7. The van der Waals surface area contributed by atoms with Crippen molar-refractivity contribution in [3.05, 3.63) is 18.0 Å². The molecule has 3 heterocycles. The van der Waals surface area contributed by atoms with Crippen LogP contribution in [0.15, 0.2) is 26.1 Å². The molecule has 0 bridgehead atoms. The highest BCUT2D eigenvalue weighted by atomic mass is 32.2. The van der Waals surface area contributed by atoms with Gasteiger partial charge in [0.05, 0.1) is 0 Å². The number of rotatable bonds is 5. The SMILES string of the molecule is O=S(=O)(c1ccc(-c2nnc(C3CC3)o2)o1)N1CCN(C2CCCCC2)CC1. The van der Waals surface area contributed by atoms with Crippen LogP contribution in [0.3, 0.4) is 0 Å². The maximum atomic E-state index is 13.0. The average molecular weight is 407 g/mol. The van der Waals surface area contributed by atoms with Crippen LogP contribution in [0.1, 0.15) is 56.8 Å². The van der Waals surface area contributed by atoms with Crippen molar-refractivity contribution in [3.63, 3.8) is 0 Å². The van der Waals surface area contributed by atoms with Gasteiger partial charge in [-0.2, -0.15) is 4.31 Å². The van der Waals surface area contributed by atoms with Crippen LogP contribution in [0.5, 0.6) is 0 Å². The molecule has 8 nitrogen and oxygen atoms in total. The topological polar surface area (TPSA) is 92.7 Å². The van der Waals surface area contributed by atoms with Crippen molar-refractivity contribution in [3.8, 4) is 11.7 Å². The van der Waals surface area contributed by atoms with E-state index in [2.05, 4.69) is 15.1 Å². The van der Waals surface area contributed by atoms with E-state index in [4.69, 9.17) is 8.83 Å². The van der Waals surface area contributed by atoms with Gasteiger partial charge in [0.15, 0.2) is 5.76 Å². The van der Waals surface area contributed by atoms with Gasteiger partial charge in [-0.3, -0.25) is 4.90 Å². The second-order valence-electron chi connectivity index (χ2n) is 8.07. The fraction of sp³-hybridized carbons (Fsp3) is 0.684. The largest absolute Gasteiger partial charge is 0.438 e. The van der Waals surface area contributed by atoms with E-state index in [9.17, 15) is 8.42 Å². The first kappa shape index (κ1) is 18.3. The maximum Gasteiger partial charge on any atom is 0.283 e. The molecule has 0 spiro atoms. The first-order valence-corrected chi connectivity index (χ1v) is 11.7. The van der Waals surface area contributed by atoms with Crippen LogP contribution in [0, 0.1) is 0 Å². The fourth-order valence-electron chi connectivity index (χ4n) is 4.29. The van der Waals surface area contributed by atoms with Crippen LogP contribution >= 0.6 is 0 Å². The highest BCUT2D eigenvalue weighted by Gasteiger charge is 2.34. The lowest BCUT2D eigenvalue weighted by Crippen LogP contribution is -2.52. The highest BCUT2D eigenvalue weighted by molar-refractivity contribution is 7.89. The lowest BCUT2D eigenvalue weighted by atomic mass is 9.94. The Hall–Kier alpha value is -1.71. The Morgan fingerprint density at radius 3 is 2.36 bits per heavy atom. The number of piperazine rings is 1. The van der Waals surface area contributed by atoms with E-state index >= 15 is 0 Å². The van der Waals surface area contributed by atoms with Gasteiger partial charge in [-0.25, -0.2) is 8.42 Å². The quantitative estimate of drug-likeness (QED) is 0.754. The summed E-state index contributed by atoms with van der Waals surface area (Å²) in [5.74, 6) is 1.50. The molecule has 2 aromatic heterocycles. The molecule has 0 unspecified atom stereocenters. The van der Waals surface area contributed by atoms with Crippen LogP contribution in [0.4, 0.5) is 0 Å². The van der Waals surface area contributed by atoms with Crippen molar-refractivity contribution >= 4 is 10.0 Å². The van der Waals surface area contributed by atoms with Crippen LogP contribution in [0.25, 0.3) is 11.7 Å². The van der Waals surface area contributed by atoms with E-state index in [0.29, 0.717) is 36.7 Å². The molecule has 0 amide bonds. The molecular weight excluding hydrogens is 380 g/mol. The molecule has 3 fully saturated rings. The molecule has 0 N–H and O–H groups in total. The molecule has 2 aliphatic carbocycles. The van der Waals surface area contributed by atoms with Crippen molar-refractivity contribution in [2.45, 2.75) is 62.0 Å². The summed E-state index contributed by atoms with van der Waals surface area (Å²) in [4.78, 5) is 2.45. The summed E-state index contributed by atoms with van der Waals surface area (Å²) >= 11 is 0. The van der Waals surface area contributed by atoms with Gasteiger partial charge in [0.25, 0.3) is 15.9 Å². The molecule has 0 radical (unpaired) electrons. The third-order valence-corrected chi connectivity index (χ3v) is 7.89. The Bertz CT molecular complexity index is 919. The van der Waals surface area contributed by atoms with E-state index in [1.54, 1.807) is 6.07 Å². The average Bonchev–Trinajstić information content (AvgIpc) is 3.25. The van der Waals surface area contributed by atoms with Gasteiger partial charge in [-0.05, 0) is 37.8 Å². The van der Waals surface area contributed by atoms with E-state index in [-0.39, 0.29) is 11.0 Å². The van der Waals surface area contributed by atoms with Crippen LogP contribution in [-0.4, -0.2) is 60.0 Å². The predicted octanol–water partition coefficient (Wildman–Crippen LogP) is 2.85. The van der Waals surface area contributed by atoms with Crippen LogP contribution in [0.2, 0.25) is 0 Å². The molecular formula is C19H26N4O4S. The third-order valence-electron chi connectivity index (χ3n) is 6.12. The van der Waals surface area contributed by atoms with Crippen LogP contribution < -0.4 is 0 Å². The minimum absolute atomic E-state index is 0.0558. The Morgan fingerprint density at radius 2 is 1.64 bits per heavy atom. The first-order valence-electron chi connectivity index (χ1n) is 10.3. The molecule has 0 aromatic carbocycles. The summed E-state index contributed by atoms with van der Waals surface area (Å²) in [6.45, 7) is 2.57. The molecule has 5 rings (SSSR count). The van der Waals surface area contributed by atoms with Crippen molar-refractivity contribution in [2.75, 3.05) is 26.2 Å². The summed E-state index contributed by atoms with van der Waals surface area (Å²) in [5.41, 5.74) is 0. The summed E-state index contributed by atoms with van der Waals surface area (Å²) in [6.07, 6.45) is 8.50. The van der Waals surface area contributed by atoms with Gasteiger partial charge in [0.2, 0.25) is 11.0 Å². The maximum absolute atomic E-state index is 13.0. The number of nitrogens with zero attached hydrogens (tertiary/aromatic N) is 4. The van der Waals surface area contributed by atoms with Crippen molar-refractivity contribution in [2.24, 2.45) is 0 Å². The Morgan fingerprint density at radius 1 is 0.893 bits per heavy atom. The number of sulfonamides is 1. The van der Waals surface area contributed by atoms with E-state index in [1.807, 2.05) is 0 Å². The summed E-state index contributed by atoms with van der Waals surface area (Å²) in [6, 6.07) is 3.70. The second-order valence-corrected chi connectivity index (χ2v) is 9.94. The zero-order chi connectivity index (χ0) is 19.1. The molecule has 1 saturated heterocycles. The van der Waals surface area contributed by atoms with E-state index < -0.39 is 10.0 Å². The van der Waals surface area contributed by atoms with Gasteiger partial charge in [-0.15, -0.1) is 10.2 Å². The first-order chi connectivity index (χ1) is 13.6. The Balaban J connectivity index is 1.26. The Labute approximate surface area is 164 Å². The molecule has 152 valence electrons. The van der Waals surface area contributed by atoms with Crippen molar-refractivity contribution in [1.29, 1.82) is 0 Å². The summed E-state index contributed by atoms with van der Waals surface area (Å²) in [7, 11) is -3.65. The fourth-order valence-corrected chi connectivity index (χ4v) is 5.62. The monoisotopic (exact) mass is 406 g/mol. The Kier molecular flexibility index (Phi) is 4.76. The van der Waals surface area contributed by atoms with Gasteiger partial charge < -0.3 is 8.83 Å². The normalized spacial score (nSPS) is 23.3. The molecule has 3 aliphatic rings. The molecule has 0 atom stereocenters. The number of aromatic nitrogens is 2. The molecule has 9 heteroatoms. The molecule has 2 aromatic rings. The van der Waals surface area contributed by atoms with E-state index in [0.717, 1.165) is 25.9 Å². The number of hydrogen-bond donors (Lipinski definition) is 0. The van der Waals surface area contributed by atoms with Crippen LogP contribution in [-0.2, 0) is 10.0 Å². The van der Waals surface area contributed by atoms with E-state index in [1.165, 1.54) is 42.5 Å². The van der Waals surface area contributed by atoms with Gasteiger partial charge in [0, 0.05) is 38.1 Å². The standard InChI is InChI=1S/C19H26N4O4S/c24-28(25,23-12-10-22(11-13-23)15-4-2-1-3-5-15)17-9-8-16(26-17)19-21-20-18(27-19)14-6-7-14/h8-9,14-15H,1-7,10-13H2. The number of furan rings is 1. The van der Waals surface area contributed by atoms with Gasteiger partial charge in [-0.1, -0.05) is 19.3 Å². The predicted molar refractivity (Wildman–Crippen MR) is 101 cm³/mol. The lowest BCUT2D eigenvalue weighted by Gasteiger charge is -2.39. The minimum Gasteiger partial charge on any atom is -0.438 e. The van der Waals surface area contributed by atoms with Crippen molar-refractivity contribution in [1.82, 2.24) is 19.4 Å². The van der Waals surface area contributed by atoms with Gasteiger partial charge in [0.1, 0.15) is 0 Å². The lowest BCUT2D eigenvalue weighted by molar-refractivity contribution is 0.110. The van der Waals surface area contributed by atoms with Crippen molar-refractivity contribution < 1.29 is 17.3 Å². The zero-order valence-corrected chi connectivity index (χ0v) is 16.7. The highest BCUT2D eigenvalue weighted by Crippen LogP contribution is 2.40.